The Morgan fingerprint density at radius 3 is 2.95 bits per heavy atom. The van der Waals surface area contributed by atoms with E-state index in [1.807, 2.05) is 6.07 Å². The lowest BCUT2D eigenvalue weighted by Gasteiger charge is -2.19. The molecule has 2 heterocycles. The van der Waals surface area contributed by atoms with Crippen molar-refractivity contribution in [2.75, 3.05) is 6.54 Å². The van der Waals surface area contributed by atoms with Crippen molar-refractivity contribution in [3.05, 3.63) is 53.9 Å². The third-order valence-corrected chi connectivity index (χ3v) is 3.93. The fraction of sp³-hybridized carbons (Fsp3) is 0.412. The summed E-state index contributed by atoms with van der Waals surface area (Å²) >= 11 is 0. The van der Waals surface area contributed by atoms with Crippen molar-refractivity contribution in [2.45, 2.75) is 39.0 Å². The quantitative estimate of drug-likeness (QED) is 0.903. The van der Waals surface area contributed by atoms with Gasteiger partial charge in [0.25, 0.3) is 0 Å². The van der Waals surface area contributed by atoms with Gasteiger partial charge in [0.2, 0.25) is 0 Å². The average Bonchev–Trinajstić information content (AvgIpc) is 3.05. The molecule has 0 fully saturated rings. The van der Waals surface area contributed by atoms with Gasteiger partial charge in [-0.05, 0) is 37.2 Å². The standard InChI is InChI=1S/C17H22N2O/c1-3-18-13(2)16-8-6-10-19(16)12-15-11-14-7-4-5-9-17(14)20-15/h4-10,13,15,18H,3,11-12H2,1-2H3. The van der Waals surface area contributed by atoms with Gasteiger partial charge >= 0.3 is 0 Å². The summed E-state index contributed by atoms with van der Waals surface area (Å²) in [5.74, 6) is 1.05. The number of hydrogen-bond acceptors (Lipinski definition) is 2. The largest absolute Gasteiger partial charge is 0.488 e. The van der Waals surface area contributed by atoms with Crippen LogP contribution in [0.3, 0.4) is 0 Å². The van der Waals surface area contributed by atoms with E-state index in [-0.39, 0.29) is 6.10 Å². The Labute approximate surface area is 120 Å². The molecule has 0 saturated heterocycles. The molecule has 0 bridgehead atoms. The molecule has 1 aromatic carbocycles. The average molecular weight is 270 g/mol. The van der Waals surface area contributed by atoms with Gasteiger partial charge in [0.1, 0.15) is 11.9 Å². The van der Waals surface area contributed by atoms with E-state index in [4.69, 9.17) is 4.74 Å². The van der Waals surface area contributed by atoms with E-state index in [1.165, 1.54) is 11.3 Å². The predicted octanol–water partition coefficient (Wildman–Crippen LogP) is 3.16. The first-order valence-corrected chi connectivity index (χ1v) is 7.41. The van der Waals surface area contributed by atoms with E-state index in [9.17, 15) is 0 Å². The molecule has 20 heavy (non-hydrogen) atoms. The lowest BCUT2D eigenvalue weighted by molar-refractivity contribution is 0.207. The van der Waals surface area contributed by atoms with Crippen molar-refractivity contribution in [2.24, 2.45) is 0 Å². The second-order valence-corrected chi connectivity index (χ2v) is 5.42. The Kier molecular flexibility index (Phi) is 3.79. The summed E-state index contributed by atoms with van der Waals surface area (Å²) in [7, 11) is 0. The lowest BCUT2D eigenvalue weighted by atomic mass is 10.1. The van der Waals surface area contributed by atoms with Gasteiger partial charge in [-0.3, -0.25) is 0 Å². The van der Waals surface area contributed by atoms with Crippen LogP contribution in [0.15, 0.2) is 42.6 Å². The summed E-state index contributed by atoms with van der Waals surface area (Å²) < 4.78 is 8.34. The first-order valence-electron chi connectivity index (χ1n) is 7.41. The van der Waals surface area contributed by atoms with Crippen LogP contribution >= 0.6 is 0 Å². The summed E-state index contributed by atoms with van der Waals surface area (Å²) in [4.78, 5) is 0. The van der Waals surface area contributed by atoms with Gasteiger partial charge in [-0.1, -0.05) is 25.1 Å². The van der Waals surface area contributed by atoms with Crippen molar-refractivity contribution in [1.82, 2.24) is 9.88 Å². The monoisotopic (exact) mass is 270 g/mol. The first kappa shape index (κ1) is 13.3. The number of rotatable bonds is 5. The van der Waals surface area contributed by atoms with Crippen molar-refractivity contribution < 1.29 is 4.74 Å². The third kappa shape index (κ3) is 2.59. The number of benzene rings is 1. The number of ether oxygens (including phenoxy) is 1. The highest BCUT2D eigenvalue weighted by Crippen LogP contribution is 2.29. The molecule has 2 aromatic rings. The van der Waals surface area contributed by atoms with Gasteiger partial charge in [0, 0.05) is 24.4 Å². The molecule has 1 aromatic heterocycles. The molecule has 1 aliphatic rings. The highest BCUT2D eigenvalue weighted by atomic mass is 16.5. The molecule has 3 heteroatoms. The Hall–Kier alpha value is -1.74. The van der Waals surface area contributed by atoms with Crippen LogP contribution in [0.2, 0.25) is 0 Å². The van der Waals surface area contributed by atoms with Crippen LogP contribution in [0, 0.1) is 0 Å². The van der Waals surface area contributed by atoms with Crippen molar-refractivity contribution in [3.63, 3.8) is 0 Å². The predicted molar refractivity (Wildman–Crippen MR) is 81.1 cm³/mol. The topological polar surface area (TPSA) is 26.2 Å². The van der Waals surface area contributed by atoms with Gasteiger partial charge in [0.05, 0.1) is 6.54 Å². The third-order valence-electron chi connectivity index (χ3n) is 3.93. The van der Waals surface area contributed by atoms with Crippen LogP contribution in [0.4, 0.5) is 0 Å². The molecule has 0 amide bonds. The highest BCUT2D eigenvalue weighted by Gasteiger charge is 2.23. The Morgan fingerprint density at radius 1 is 1.30 bits per heavy atom. The number of hydrogen-bond donors (Lipinski definition) is 1. The van der Waals surface area contributed by atoms with Gasteiger partial charge in [-0.2, -0.15) is 0 Å². The second-order valence-electron chi connectivity index (χ2n) is 5.42. The number of nitrogens with one attached hydrogen (secondary N) is 1. The minimum absolute atomic E-state index is 0.243. The molecule has 0 spiro atoms. The van der Waals surface area contributed by atoms with Gasteiger partial charge in [-0.15, -0.1) is 0 Å². The van der Waals surface area contributed by atoms with Crippen LogP contribution in [-0.2, 0) is 13.0 Å². The van der Waals surface area contributed by atoms with Gasteiger partial charge < -0.3 is 14.6 Å². The van der Waals surface area contributed by atoms with Crippen molar-refractivity contribution in [1.29, 1.82) is 0 Å². The van der Waals surface area contributed by atoms with Crippen LogP contribution in [0.5, 0.6) is 5.75 Å². The normalized spacial score (nSPS) is 18.6. The maximum absolute atomic E-state index is 6.03. The summed E-state index contributed by atoms with van der Waals surface area (Å²) in [5.41, 5.74) is 2.65. The fourth-order valence-corrected chi connectivity index (χ4v) is 2.97. The molecule has 2 atom stereocenters. The zero-order valence-electron chi connectivity index (χ0n) is 12.2. The van der Waals surface area contributed by atoms with Crippen LogP contribution in [0.25, 0.3) is 0 Å². The molecule has 106 valence electrons. The number of fused-ring (bicyclic) bond motifs is 1. The molecule has 0 radical (unpaired) electrons. The Bertz CT molecular complexity index is 551. The molecule has 0 aliphatic carbocycles. The van der Waals surface area contributed by atoms with E-state index in [0.29, 0.717) is 6.04 Å². The molecule has 3 nitrogen and oxygen atoms in total. The van der Waals surface area contributed by atoms with E-state index >= 15 is 0 Å². The minimum Gasteiger partial charge on any atom is -0.488 e. The smallest absolute Gasteiger partial charge is 0.123 e. The Balaban J connectivity index is 1.70. The SMILES string of the molecule is CCNC(C)c1cccn1CC1Cc2ccccc2O1. The molecular formula is C17H22N2O. The highest BCUT2D eigenvalue weighted by molar-refractivity contribution is 5.37. The number of nitrogens with zero attached hydrogens (tertiary/aromatic N) is 1. The molecule has 2 unspecified atom stereocenters. The van der Waals surface area contributed by atoms with E-state index in [0.717, 1.165) is 25.3 Å². The zero-order valence-corrected chi connectivity index (χ0v) is 12.2. The summed E-state index contributed by atoms with van der Waals surface area (Å²) in [6.07, 6.45) is 3.39. The molecular weight excluding hydrogens is 248 g/mol. The summed E-state index contributed by atoms with van der Waals surface area (Å²) in [5, 5.41) is 3.47. The minimum atomic E-state index is 0.243. The maximum Gasteiger partial charge on any atom is 0.123 e. The lowest BCUT2D eigenvalue weighted by Crippen LogP contribution is -2.25. The number of aromatic nitrogens is 1. The van der Waals surface area contributed by atoms with Crippen LogP contribution in [-0.4, -0.2) is 17.2 Å². The molecule has 1 aliphatic heterocycles. The maximum atomic E-state index is 6.03. The number of para-hydroxylation sites is 1. The van der Waals surface area contributed by atoms with Crippen molar-refractivity contribution in [3.8, 4) is 5.75 Å². The first-order chi connectivity index (χ1) is 9.78. The van der Waals surface area contributed by atoms with Gasteiger partial charge in [0.15, 0.2) is 0 Å². The van der Waals surface area contributed by atoms with Gasteiger partial charge in [-0.25, -0.2) is 0 Å². The van der Waals surface area contributed by atoms with Crippen LogP contribution < -0.4 is 10.1 Å². The van der Waals surface area contributed by atoms with Crippen LogP contribution in [0.1, 0.15) is 31.1 Å². The van der Waals surface area contributed by atoms with E-state index in [1.54, 1.807) is 0 Å². The molecule has 3 rings (SSSR count). The Morgan fingerprint density at radius 2 is 2.15 bits per heavy atom. The molecule has 1 N–H and O–H groups in total. The van der Waals surface area contributed by atoms with E-state index in [2.05, 4.69) is 60.3 Å². The zero-order chi connectivity index (χ0) is 13.9. The second kappa shape index (κ2) is 5.71. The molecule has 0 saturated carbocycles. The van der Waals surface area contributed by atoms with E-state index < -0.39 is 0 Å². The van der Waals surface area contributed by atoms with Crippen molar-refractivity contribution >= 4 is 0 Å². The fourth-order valence-electron chi connectivity index (χ4n) is 2.97. The summed E-state index contributed by atoms with van der Waals surface area (Å²) in [6.45, 7) is 6.24. The summed E-state index contributed by atoms with van der Waals surface area (Å²) in [6, 6.07) is 13.0.